The zero-order valence-electron chi connectivity index (χ0n) is 19.8. The maximum Gasteiger partial charge on any atom is 0.300 e. The van der Waals surface area contributed by atoms with Crippen LogP contribution in [0, 0.1) is 6.92 Å². The summed E-state index contributed by atoms with van der Waals surface area (Å²) in [4.78, 5) is 28.1. The molecule has 1 unspecified atom stereocenters. The fourth-order valence-corrected chi connectivity index (χ4v) is 4.26. The van der Waals surface area contributed by atoms with E-state index in [1.54, 1.807) is 42.5 Å². The van der Waals surface area contributed by atoms with E-state index in [0.717, 1.165) is 5.56 Å². The van der Waals surface area contributed by atoms with E-state index in [9.17, 15) is 19.8 Å². The molecule has 3 aromatic carbocycles. The topological polar surface area (TPSA) is 96.3 Å². The molecule has 1 aliphatic heterocycles. The Balaban J connectivity index is 1.95. The van der Waals surface area contributed by atoms with E-state index < -0.39 is 17.7 Å². The number of phenolic OH excluding ortho intramolecular Hbond substituents is 1. The highest BCUT2D eigenvalue weighted by molar-refractivity contribution is 6.51. The number of hydrogen-bond acceptors (Lipinski definition) is 6. The molecule has 1 atom stereocenters. The molecular weight excluding hydrogens is 446 g/mol. The average Bonchev–Trinajstić information content (AvgIpc) is 3.10. The first-order valence-electron chi connectivity index (χ1n) is 11.4. The van der Waals surface area contributed by atoms with Gasteiger partial charge in [-0.1, -0.05) is 30.3 Å². The first kappa shape index (κ1) is 23.9. The SMILES string of the molecule is CCOc1ccc(/C(O)=C2/C(=O)C(=O)N(c3ccccc3C)C2c2ccc(O)cc2)c(OCC)c1. The molecule has 1 amide bonds. The molecule has 0 bridgehead atoms. The van der Waals surface area contributed by atoms with Gasteiger partial charge in [0.2, 0.25) is 0 Å². The highest BCUT2D eigenvalue weighted by Crippen LogP contribution is 2.44. The number of ether oxygens (including phenoxy) is 2. The van der Waals surface area contributed by atoms with Crippen LogP contribution in [0.1, 0.15) is 36.6 Å². The minimum atomic E-state index is -0.905. The van der Waals surface area contributed by atoms with Crippen molar-refractivity contribution in [1.29, 1.82) is 0 Å². The monoisotopic (exact) mass is 473 g/mol. The molecule has 0 aromatic heterocycles. The lowest BCUT2D eigenvalue weighted by Crippen LogP contribution is -2.30. The lowest BCUT2D eigenvalue weighted by molar-refractivity contribution is -0.132. The Morgan fingerprint density at radius 3 is 2.29 bits per heavy atom. The van der Waals surface area contributed by atoms with Gasteiger partial charge in [0, 0.05) is 11.8 Å². The predicted octanol–water partition coefficient (Wildman–Crippen LogP) is 5.12. The first-order valence-corrected chi connectivity index (χ1v) is 11.4. The highest BCUT2D eigenvalue weighted by atomic mass is 16.5. The third-order valence-corrected chi connectivity index (χ3v) is 5.85. The molecule has 2 N–H and O–H groups in total. The van der Waals surface area contributed by atoms with Crippen LogP contribution in [0.2, 0.25) is 0 Å². The van der Waals surface area contributed by atoms with Crippen LogP contribution in [-0.2, 0) is 9.59 Å². The van der Waals surface area contributed by atoms with Gasteiger partial charge >= 0.3 is 0 Å². The van der Waals surface area contributed by atoms with Crippen molar-refractivity contribution < 1.29 is 29.3 Å². The molecule has 0 aliphatic carbocycles. The summed E-state index contributed by atoms with van der Waals surface area (Å²) in [5.41, 5.74) is 2.14. The largest absolute Gasteiger partial charge is 0.508 e. The number of aromatic hydroxyl groups is 1. The molecule has 1 saturated heterocycles. The van der Waals surface area contributed by atoms with Crippen molar-refractivity contribution in [3.63, 3.8) is 0 Å². The third-order valence-electron chi connectivity index (χ3n) is 5.85. The van der Waals surface area contributed by atoms with Gasteiger partial charge in [-0.2, -0.15) is 0 Å². The summed E-state index contributed by atoms with van der Waals surface area (Å²) in [6.07, 6.45) is 0. The molecule has 0 saturated carbocycles. The van der Waals surface area contributed by atoms with E-state index in [2.05, 4.69) is 0 Å². The van der Waals surface area contributed by atoms with Crippen molar-refractivity contribution >= 4 is 23.1 Å². The molecule has 0 radical (unpaired) electrons. The number of hydrogen-bond donors (Lipinski definition) is 2. The van der Waals surface area contributed by atoms with E-state index in [4.69, 9.17) is 9.47 Å². The Kier molecular flexibility index (Phi) is 6.78. The van der Waals surface area contributed by atoms with Crippen molar-refractivity contribution in [1.82, 2.24) is 0 Å². The minimum Gasteiger partial charge on any atom is -0.508 e. The smallest absolute Gasteiger partial charge is 0.300 e. The fourth-order valence-electron chi connectivity index (χ4n) is 4.26. The van der Waals surface area contributed by atoms with Crippen LogP contribution in [-0.4, -0.2) is 35.1 Å². The van der Waals surface area contributed by atoms with Crippen molar-refractivity contribution in [3.8, 4) is 17.2 Å². The average molecular weight is 474 g/mol. The maximum atomic E-state index is 13.4. The number of Topliss-reactive ketones (excluding diaryl/α,β-unsaturated/α-hetero) is 1. The number of carbonyl (C=O) groups is 2. The molecule has 1 fully saturated rings. The summed E-state index contributed by atoms with van der Waals surface area (Å²) in [6.45, 7) is 6.31. The van der Waals surface area contributed by atoms with E-state index in [-0.39, 0.29) is 22.6 Å². The molecule has 0 spiro atoms. The molecule has 3 aromatic rings. The summed E-state index contributed by atoms with van der Waals surface area (Å²) in [5, 5.41) is 21.3. The minimum absolute atomic E-state index is 0.0479. The number of carbonyl (C=O) groups excluding carboxylic acids is 2. The molecule has 180 valence electrons. The van der Waals surface area contributed by atoms with E-state index in [1.807, 2.05) is 32.9 Å². The van der Waals surface area contributed by atoms with Gasteiger partial charge in [-0.25, -0.2) is 0 Å². The second kappa shape index (κ2) is 9.93. The number of benzene rings is 3. The van der Waals surface area contributed by atoms with Crippen molar-refractivity contribution in [2.75, 3.05) is 18.1 Å². The number of amides is 1. The number of aryl methyl sites for hydroxylation is 1. The summed E-state index contributed by atoms with van der Waals surface area (Å²) in [5.74, 6) is -0.954. The van der Waals surface area contributed by atoms with Crippen molar-refractivity contribution in [3.05, 3.63) is 89.0 Å². The predicted molar refractivity (Wildman–Crippen MR) is 133 cm³/mol. The Morgan fingerprint density at radius 2 is 1.63 bits per heavy atom. The lowest BCUT2D eigenvalue weighted by Gasteiger charge is -2.27. The summed E-state index contributed by atoms with van der Waals surface area (Å²) in [7, 11) is 0. The molecule has 7 heteroatoms. The zero-order valence-corrected chi connectivity index (χ0v) is 19.8. The number of anilines is 1. The summed E-state index contributed by atoms with van der Waals surface area (Å²) >= 11 is 0. The summed E-state index contributed by atoms with van der Waals surface area (Å²) < 4.78 is 11.3. The number of ketones is 1. The zero-order chi connectivity index (χ0) is 25.1. The van der Waals surface area contributed by atoms with Gasteiger partial charge in [-0.3, -0.25) is 14.5 Å². The number of phenols is 1. The van der Waals surface area contributed by atoms with Gasteiger partial charge in [0.15, 0.2) is 0 Å². The van der Waals surface area contributed by atoms with Gasteiger partial charge in [0.05, 0.1) is 30.4 Å². The maximum absolute atomic E-state index is 13.4. The highest BCUT2D eigenvalue weighted by Gasteiger charge is 2.47. The molecule has 1 aliphatic rings. The number of para-hydroxylation sites is 1. The fraction of sp³-hybridized carbons (Fsp3) is 0.214. The van der Waals surface area contributed by atoms with Gasteiger partial charge in [-0.05, 0) is 62.2 Å². The molecule has 4 rings (SSSR count). The van der Waals surface area contributed by atoms with Crippen molar-refractivity contribution in [2.24, 2.45) is 0 Å². The summed E-state index contributed by atoms with van der Waals surface area (Å²) in [6, 6.07) is 17.5. The second-order valence-electron chi connectivity index (χ2n) is 8.07. The van der Waals surface area contributed by atoms with Gasteiger partial charge in [-0.15, -0.1) is 0 Å². The van der Waals surface area contributed by atoms with Crippen LogP contribution in [0.15, 0.2) is 72.3 Å². The Bertz CT molecular complexity index is 1300. The number of aliphatic hydroxyl groups excluding tert-OH is 1. The molecule has 7 nitrogen and oxygen atoms in total. The number of aliphatic hydroxyl groups is 1. The Labute approximate surface area is 203 Å². The Hall–Kier alpha value is -4.26. The van der Waals surface area contributed by atoms with Gasteiger partial charge in [0.25, 0.3) is 11.7 Å². The van der Waals surface area contributed by atoms with E-state index in [0.29, 0.717) is 36.0 Å². The van der Waals surface area contributed by atoms with Crippen LogP contribution < -0.4 is 14.4 Å². The second-order valence-corrected chi connectivity index (χ2v) is 8.07. The first-order chi connectivity index (χ1) is 16.9. The van der Waals surface area contributed by atoms with Crippen LogP contribution in [0.3, 0.4) is 0 Å². The Morgan fingerprint density at radius 1 is 0.943 bits per heavy atom. The van der Waals surface area contributed by atoms with Crippen LogP contribution >= 0.6 is 0 Å². The van der Waals surface area contributed by atoms with Crippen LogP contribution in [0.5, 0.6) is 17.2 Å². The standard InChI is InChI=1S/C28H27NO6/c1-4-34-20-14-15-21(23(16-20)35-5-2)26(31)24-25(18-10-12-19(30)13-11-18)29(28(33)27(24)32)22-9-7-6-8-17(22)3/h6-16,25,30-31H,4-5H2,1-3H3/b26-24-. The lowest BCUT2D eigenvalue weighted by atomic mass is 9.94. The third kappa shape index (κ3) is 4.45. The number of nitrogens with zero attached hydrogens (tertiary/aromatic N) is 1. The van der Waals surface area contributed by atoms with Gasteiger partial charge in [0.1, 0.15) is 23.0 Å². The number of rotatable bonds is 7. The van der Waals surface area contributed by atoms with Crippen LogP contribution in [0.25, 0.3) is 5.76 Å². The molecular formula is C28H27NO6. The molecule has 1 heterocycles. The van der Waals surface area contributed by atoms with Crippen LogP contribution in [0.4, 0.5) is 5.69 Å². The van der Waals surface area contributed by atoms with Gasteiger partial charge < -0.3 is 19.7 Å². The van der Waals surface area contributed by atoms with Crippen molar-refractivity contribution in [2.45, 2.75) is 26.8 Å². The molecule has 35 heavy (non-hydrogen) atoms. The normalized spacial score (nSPS) is 17.0. The van der Waals surface area contributed by atoms with E-state index in [1.165, 1.54) is 17.0 Å². The van der Waals surface area contributed by atoms with E-state index >= 15 is 0 Å². The quantitative estimate of drug-likeness (QED) is 0.281.